The zero-order valence-electron chi connectivity index (χ0n) is 15.1. The third kappa shape index (κ3) is 3.38. The van der Waals surface area contributed by atoms with Gasteiger partial charge >= 0.3 is 0 Å². The Hall–Kier alpha value is -3.48. The molecular formula is C21H17F2N3O2. The number of nitrogens with one attached hydrogen (secondary N) is 1. The maximum absolute atomic E-state index is 13.7. The third-order valence-electron chi connectivity index (χ3n) is 4.53. The lowest BCUT2D eigenvalue weighted by molar-refractivity contribution is 0.0920. The van der Waals surface area contributed by atoms with E-state index in [0.29, 0.717) is 12.3 Å². The smallest absolute Gasteiger partial charge is 0.287 e. The number of aromatic nitrogens is 2. The average molecular weight is 381 g/mol. The van der Waals surface area contributed by atoms with Gasteiger partial charge in [0.25, 0.3) is 5.91 Å². The highest BCUT2D eigenvalue weighted by atomic mass is 19.1. The lowest BCUT2D eigenvalue weighted by atomic mass is 10.2. The zero-order valence-corrected chi connectivity index (χ0v) is 15.1. The van der Waals surface area contributed by atoms with Gasteiger partial charge < -0.3 is 14.3 Å². The predicted molar refractivity (Wildman–Crippen MR) is 99.8 cm³/mol. The van der Waals surface area contributed by atoms with Gasteiger partial charge in [-0.1, -0.05) is 18.2 Å². The molecule has 0 fully saturated rings. The second kappa shape index (κ2) is 7.26. The van der Waals surface area contributed by atoms with Crippen molar-refractivity contribution in [2.75, 3.05) is 0 Å². The van der Waals surface area contributed by atoms with E-state index in [1.54, 1.807) is 6.07 Å². The molecule has 2 aromatic carbocycles. The monoisotopic (exact) mass is 381 g/mol. The van der Waals surface area contributed by atoms with E-state index in [4.69, 9.17) is 4.42 Å². The quantitative estimate of drug-likeness (QED) is 0.564. The molecule has 0 aliphatic carbocycles. The molecule has 1 amide bonds. The van der Waals surface area contributed by atoms with Crippen LogP contribution in [0.3, 0.4) is 0 Å². The number of hydrogen-bond donors (Lipinski definition) is 1. The van der Waals surface area contributed by atoms with Crippen LogP contribution in [-0.4, -0.2) is 15.5 Å². The minimum Gasteiger partial charge on any atom is -0.454 e. The van der Waals surface area contributed by atoms with Gasteiger partial charge in [-0.25, -0.2) is 13.8 Å². The number of rotatable bonds is 5. The summed E-state index contributed by atoms with van der Waals surface area (Å²) in [5.41, 5.74) is 1.66. The first kappa shape index (κ1) is 17.9. The highest BCUT2D eigenvalue weighted by molar-refractivity contribution is 5.91. The van der Waals surface area contributed by atoms with E-state index in [-0.39, 0.29) is 17.9 Å². The van der Waals surface area contributed by atoms with Gasteiger partial charge in [-0.3, -0.25) is 4.79 Å². The minimum absolute atomic E-state index is 0.0776. The molecule has 1 N–H and O–H groups in total. The van der Waals surface area contributed by atoms with E-state index in [0.717, 1.165) is 29.0 Å². The van der Waals surface area contributed by atoms with E-state index in [1.807, 2.05) is 35.8 Å². The van der Waals surface area contributed by atoms with Crippen LogP contribution < -0.4 is 5.32 Å². The summed E-state index contributed by atoms with van der Waals surface area (Å²) in [5.74, 6) is -0.465. The molecule has 2 heterocycles. The van der Waals surface area contributed by atoms with Crippen LogP contribution in [0.4, 0.5) is 8.78 Å². The first-order chi connectivity index (χ1) is 13.5. The molecule has 7 heteroatoms. The summed E-state index contributed by atoms with van der Waals surface area (Å²) < 4.78 is 34.9. The van der Waals surface area contributed by atoms with Crippen molar-refractivity contribution in [3.05, 3.63) is 89.1 Å². The number of benzene rings is 2. The first-order valence-electron chi connectivity index (χ1n) is 8.74. The minimum atomic E-state index is -0.706. The Morgan fingerprint density at radius 2 is 1.82 bits per heavy atom. The summed E-state index contributed by atoms with van der Waals surface area (Å²) >= 11 is 0. The molecule has 0 unspecified atom stereocenters. The molecule has 2 aromatic heterocycles. The molecule has 0 aliphatic rings. The van der Waals surface area contributed by atoms with Gasteiger partial charge in [0.05, 0.1) is 17.6 Å². The molecule has 0 aliphatic heterocycles. The molecular weight excluding hydrogens is 364 g/mol. The van der Waals surface area contributed by atoms with Crippen LogP contribution >= 0.6 is 0 Å². The van der Waals surface area contributed by atoms with Crippen molar-refractivity contribution in [3.63, 3.8) is 0 Å². The van der Waals surface area contributed by atoms with Crippen molar-refractivity contribution in [3.8, 4) is 0 Å². The standard InChI is InChI=1S/C21H17F2N3O2/c1-13-25-18-7-2-3-8-19(18)26(13)12-14-9-10-20(28-14)21(27)24-11-15-16(22)5-4-6-17(15)23/h2-10H,11-12H2,1H3,(H,24,27). The Morgan fingerprint density at radius 3 is 2.61 bits per heavy atom. The van der Waals surface area contributed by atoms with Crippen molar-refractivity contribution < 1.29 is 18.0 Å². The fraction of sp³-hybridized carbons (Fsp3) is 0.143. The van der Waals surface area contributed by atoms with Crippen molar-refractivity contribution in [1.82, 2.24) is 14.9 Å². The largest absolute Gasteiger partial charge is 0.454 e. The normalized spacial score (nSPS) is 11.1. The fourth-order valence-corrected chi connectivity index (χ4v) is 3.09. The third-order valence-corrected chi connectivity index (χ3v) is 4.53. The molecule has 0 saturated heterocycles. The first-order valence-corrected chi connectivity index (χ1v) is 8.74. The Kier molecular flexibility index (Phi) is 4.65. The topological polar surface area (TPSA) is 60.1 Å². The fourth-order valence-electron chi connectivity index (χ4n) is 3.09. The van der Waals surface area contributed by atoms with E-state index >= 15 is 0 Å². The van der Waals surface area contributed by atoms with Gasteiger partial charge in [-0.15, -0.1) is 0 Å². The van der Waals surface area contributed by atoms with Crippen LogP contribution in [0.1, 0.15) is 27.7 Å². The Bertz CT molecular complexity index is 1140. The van der Waals surface area contributed by atoms with Gasteiger partial charge in [0.2, 0.25) is 0 Å². The number of halogens is 2. The second-order valence-corrected chi connectivity index (χ2v) is 6.38. The number of imidazole rings is 1. The summed E-state index contributed by atoms with van der Waals surface area (Å²) in [4.78, 5) is 16.8. The molecule has 0 radical (unpaired) electrons. The van der Waals surface area contributed by atoms with Crippen molar-refractivity contribution >= 4 is 16.9 Å². The lowest BCUT2D eigenvalue weighted by Gasteiger charge is -2.06. The number of nitrogens with zero attached hydrogens (tertiary/aromatic N) is 2. The molecule has 28 heavy (non-hydrogen) atoms. The molecule has 142 valence electrons. The van der Waals surface area contributed by atoms with Crippen molar-refractivity contribution in [2.45, 2.75) is 20.0 Å². The van der Waals surface area contributed by atoms with Gasteiger partial charge in [-0.2, -0.15) is 0 Å². The molecule has 4 aromatic rings. The maximum Gasteiger partial charge on any atom is 0.287 e. The predicted octanol–water partition coefficient (Wildman–Crippen LogP) is 4.19. The molecule has 0 spiro atoms. The van der Waals surface area contributed by atoms with Crippen LogP contribution in [-0.2, 0) is 13.1 Å². The van der Waals surface area contributed by atoms with Crippen molar-refractivity contribution in [2.24, 2.45) is 0 Å². The van der Waals surface area contributed by atoms with E-state index in [2.05, 4.69) is 10.3 Å². The zero-order chi connectivity index (χ0) is 19.7. The number of furan rings is 1. The second-order valence-electron chi connectivity index (χ2n) is 6.38. The number of para-hydroxylation sites is 2. The number of carbonyl (C=O) groups is 1. The number of hydrogen-bond acceptors (Lipinski definition) is 3. The highest BCUT2D eigenvalue weighted by Gasteiger charge is 2.15. The Morgan fingerprint density at radius 1 is 1.07 bits per heavy atom. The number of fused-ring (bicyclic) bond motifs is 1. The van der Waals surface area contributed by atoms with Crippen molar-refractivity contribution in [1.29, 1.82) is 0 Å². The Labute approximate surface area is 159 Å². The van der Waals surface area contributed by atoms with E-state index < -0.39 is 17.5 Å². The number of aryl methyl sites for hydroxylation is 1. The number of carbonyl (C=O) groups excluding carboxylic acids is 1. The lowest BCUT2D eigenvalue weighted by Crippen LogP contribution is -2.23. The van der Waals surface area contributed by atoms with Gasteiger partial charge in [0.15, 0.2) is 5.76 Å². The van der Waals surface area contributed by atoms with Crippen LogP contribution in [0, 0.1) is 18.6 Å². The molecule has 0 saturated carbocycles. The summed E-state index contributed by atoms with van der Waals surface area (Å²) in [6.45, 7) is 2.06. The number of amides is 1. The summed E-state index contributed by atoms with van der Waals surface area (Å²) in [6.07, 6.45) is 0. The van der Waals surface area contributed by atoms with Gasteiger partial charge in [0.1, 0.15) is 23.2 Å². The van der Waals surface area contributed by atoms with Crippen LogP contribution in [0.2, 0.25) is 0 Å². The SMILES string of the molecule is Cc1nc2ccccc2n1Cc1ccc(C(=O)NCc2c(F)cccc2F)o1. The molecule has 4 rings (SSSR count). The highest BCUT2D eigenvalue weighted by Crippen LogP contribution is 2.19. The molecule has 0 atom stereocenters. The summed E-state index contributed by atoms with van der Waals surface area (Å²) in [5, 5.41) is 2.48. The molecule has 5 nitrogen and oxygen atoms in total. The van der Waals surface area contributed by atoms with Gasteiger partial charge in [0, 0.05) is 12.1 Å². The summed E-state index contributed by atoms with van der Waals surface area (Å²) in [7, 11) is 0. The van der Waals surface area contributed by atoms with Crippen LogP contribution in [0.15, 0.2) is 59.0 Å². The van der Waals surface area contributed by atoms with E-state index in [1.165, 1.54) is 12.1 Å². The van der Waals surface area contributed by atoms with E-state index in [9.17, 15) is 13.6 Å². The summed E-state index contributed by atoms with van der Waals surface area (Å²) in [6, 6.07) is 14.6. The molecule has 0 bridgehead atoms. The van der Waals surface area contributed by atoms with Crippen LogP contribution in [0.5, 0.6) is 0 Å². The van der Waals surface area contributed by atoms with Gasteiger partial charge in [-0.05, 0) is 43.3 Å². The maximum atomic E-state index is 13.7. The average Bonchev–Trinajstić information content (AvgIpc) is 3.26. The Balaban J connectivity index is 1.48. The van der Waals surface area contributed by atoms with Crippen LogP contribution in [0.25, 0.3) is 11.0 Å².